The number of rotatable bonds is 4. The van der Waals surface area contributed by atoms with Crippen LogP contribution in [0.1, 0.15) is 51.9 Å². The zero-order valence-electron chi connectivity index (χ0n) is 10.6. The third kappa shape index (κ3) is 1.89. The highest BCUT2D eigenvalue weighted by Gasteiger charge is 2.48. The molecule has 0 aromatic rings. The molecule has 1 fully saturated rings. The van der Waals surface area contributed by atoms with E-state index in [9.17, 15) is 14.4 Å². The van der Waals surface area contributed by atoms with Crippen LogP contribution in [-0.4, -0.2) is 22.6 Å². The summed E-state index contributed by atoms with van der Waals surface area (Å²) in [5.41, 5.74) is 1.14. The first-order chi connectivity index (χ1) is 8.51. The molecule has 18 heavy (non-hydrogen) atoms. The molecule has 4 heteroatoms. The number of Topliss-reactive ketones (excluding diaryl/α,β-unsaturated/α-hetero) is 2. The highest BCUT2D eigenvalue weighted by Crippen LogP contribution is 2.51. The summed E-state index contributed by atoms with van der Waals surface area (Å²) in [7, 11) is 0. The second kappa shape index (κ2) is 4.67. The van der Waals surface area contributed by atoms with Gasteiger partial charge in [-0.1, -0.05) is 6.92 Å². The fraction of sp³-hybridized carbons (Fsp3) is 0.643. The van der Waals surface area contributed by atoms with Gasteiger partial charge in [0, 0.05) is 19.3 Å². The molecule has 2 rings (SSSR count). The minimum atomic E-state index is -0.895. The Labute approximate surface area is 106 Å². The molecule has 0 heterocycles. The number of ketones is 2. The molecule has 0 saturated heterocycles. The Morgan fingerprint density at radius 1 is 1.28 bits per heavy atom. The average Bonchev–Trinajstić information content (AvgIpc) is 2.66. The monoisotopic (exact) mass is 250 g/mol. The van der Waals surface area contributed by atoms with Gasteiger partial charge in [0.1, 0.15) is 5.78 Å². The number of hydrogen-bond acceptors (Lipinski definition) is 3. The summed E-state index contributed by atoms with van der Waals surface area (Å²) >= 11 is 0. The zero-order valence-corrected chi connectivity index (χ0v) is 10.6. The number of hydrogen-bond donors (Lipinski definition) is 1. The van der Waals surface area contributed by atoms with Crippen LogP contribution in [0.5, 0.6) is 0 Å². The predicted octanol–water partition coefficient (Wildman–Crippen LogP) is 2.27. The van der Waals surface area contributed by atoms with Crippen molar-refractivity contribution in [2.45, 2.75) is 51.9 Å². The number of carboxylic acids is 1. The van der Waals surface area contributed by atoms with Gasteiger partial charge < -0.3 is 5.11 Å². The number of carbonyl (C=O) groups is 3. The van der Waals surface area contributed by atoms with E-state index in [-0.39, 0.29) is 24.4 Å². The molecule has 2 aliphatic rings. The molecule has 0 amide bonds. The van der Waals surface area contributed by atoms with Crippen LogP contribution in [-0.2, 0) is 14.4 Å². The summed E-state index contributed by atoms with van der Waals surface area (Å²) in [4.78, 5) is 34.7. The van der Waals surface area contributed by atoms with Crippen LogP contribution in [0.2, 0.25) is 0 Å². The molecule has 0 spiro atoms. The number of carbonyl (C=O) groups excluding carboxylic acids is 2. The summed E-state index contributed by atoms with van der Waals surface area (Å²) in [5.74, 6) is -0.613. The van der Waals surface area contributed by atoms with E-state index in [4.69, 9.17) is 5.11 Å². The van der Waals surface area contributed by atoms with Gasteiger partial charge in [0.05, 0.1) is 5.41 Å². The van der Waals surface area contributed by atoms with Crippen molar-refractivity contribution in [2.75, 3.05) is 0 Å². The Kier molecular flexibility index (Phi) is 3.37. The standard InChI is InChI=1S/C14H18O4/c1-2-14-8-7-11(15)9(3-6-13(17)18)10(14)4-5-12(14)16/h2-8H2,1H3,(H,17,18). The topological polar surface area (TPSA) is 71.4 Å². The first-order valence-corrected chi connectivity index (χ1v) is 6.52. The molecule has 1 saturated carbocycles. The lowest BCUT2D eigenvalue weighted by Crippen LogP contribution is -2.33. The van der Waals surface area contributed by atoms with Crippen LogP contribution >= 0.6 is 0 Å². The third-order valence-electron chi connectivity index (χ3n) is 4.39. The molecule has 0 radical (unpaired) electrons. The predicted molar refractivity (Wildman–Crippen MR) is 65.1 cm³/mol. The molecule has 2 aliphatic carbocycles. The maximum Gasteiger partial charge on any atom is 0.303 e. The van der Waals surface area contributed by atoms with Crippen molar-refractivity contribution in [1.82, 2.24) is 0 Å². The minimum absolute atomic E-state index is 0.0292. The van der Waals surface area contributed by atoms with Crippen LogP contribution in [0, 0.1) is 5.41 Å². The van der Waals surface area contributed by atoms with Crippen LogP contribution < -0.4 is 0 Å². The molecule has 0 bridgehead atoms. The van der Waals surface area contributed by atoms with Crippen LogP contribution in [0.25, 0.3) is 0 Å². The molecule has 1 unspecified atom stereocenters. The number of allylic oxidation sites excluding steroid dienone is 2. The van der Waals surface area contributed by atoms with Gasteiger partial charge in [0.15, 0.2) is 5.78 Å². The summed E-state index contributed by atoms with van der Waals surface area (Å²) in [6, 6.07) is 0. The number of carboxylic acid groups (broad SMARTS) is 1. The molecule has 98 valence electrons. The van der Waals surface area contributed by atoms with Crippen LogP contribution in [0.4, 0.5) is 0 Å². The fourth-order valence-corrected chi connectivity index (χ4v) is 3.37. The Morgan fingerprint density at radius 3 is 2.61 bits per heavy atom. The summed E-state index contributed by atoms with van der Waals surface area (Å²) in [5, 5.41) is 8.74. The summed E-state index contributed by atoms with van der Waals surface area (Å²) in [6.45, 7) is 1.98. The van der Waals surface area contributed by atoms with Gasteiger partial charge in [-0.15, -0.1) is 0 Å². The van der Waals surface area contributed by atoms with E-state index >= 15 is 0 Å². The SMILES string of the molecule is CCC12CCC(=O)C(CCC(=O)O)=C1CCC2=O. The van der Waals surface area contributed by atoms with E-state index in [0.29, 0.717) is 31.3 Å². The van der Waals surface area contributed by atoms with Crippen molar-refractivity contribution in [3.05, 3.63) is 11.1 Å². The molecular formula is C14H18O4. The van der Waals surface area contributed by atoms with E-state index in [1.165, 1.54) is 0 Å². The highest BCUT2D eigenvalue weighted by atomic mass is 16.4. The largest absolute Gasteiger partial charge is 0.481 e. The molecule has 0 aromatic heterocycles. The van der Waals surface area contributed by atoms with Crippen molar-refractivity contribution in [3.63, 3.8) is 0 Å². The van der Waals surface area contributed by atoms with Crippen molar-refractivity contribution in [1.29, 1.82) is 0 Å². The summed E-state index contributed by atoms with van der Waals surface area (Å²) < 4.78 is 0. The van der Waals surface area contributed by atoms with Gasteiger partial charge in [-0.2, -0.15) is 0 Å². The van der Waals surface area contributed by atoms with Gasteiger partial charge in [-0.25, -0.2) is 0 Å². The molecule has 1 N–H and O–H groups in total. The highest BCUT2D eigenvalue weighted by molar-refractivity contribution is 6.03. The lowest BCUT2D eigenvalue weighted by Gasteiger charge is -2.33. The first kappa shape index (κ1) is 13.0. The van der Waals surface area contributed by atoms with Gasteiger partial charge in [-0.05, 0) is 36.8 Å². The maximum atomic E-state index is 12.1. The fourth-order valence-electron chi connectivity index (χ4n) is 3.37. The lowest BCUT2D eigenvalue weighted by molar-refractivity contribution is -0.137. The molecule has 0 aromatic carbocycles. The Hall–Kier alpha value is -1.45. The Bertz CT molecular complexity index is 447. The van der Waals surface area contributed by atoms with E-state index in [1.54, 1.807) is 0 Å². The second-order valence-corrected chi connectivity index (χ2v) is 5.13. The van der Waals surface area contributed by atoms with Gasteiger partial charge in [0.25, 0.3) is 0 Å². The van der Waals surface area contributed by atoms with Gasteiger partial charge in [0.2, 0.25) is 0 Å². The average molecular weight is 250 g/mol. The van der Waals surface area contributed by atoms with E-state index in [2.05, 4.69) is 0 Å². The smallest absolute Gasteiger partial charge is 0.303 e. The van der Waals surface area contributed by atoms with E-state index in [0.717, 1.165) is 12.0 Å². The zero-order chi connectivity index (χ0) is 13.3. The maximum absolute atomic E-state index is 12.1. The number of fused-ring (bicyclic) bond motifs is 1. The van der Waals surface area contributed by atoms with Crippen molar-refractivity contribution >= 4 is 17.5 Å². The van der Waals surface area contributed by atoms with Crippen molar-refractivity contribution < 1.29 is 19.5 Å². The summed E-state index contributed by atoms with van der Waals surface area (Å²) in [6.07, 6.45) is 3.13. The first-order valence-electron chi connectivity index (χ1n) is 6.52. The third-order valence-corrected chi connectivity index (χ3v) is 4.39. The molecule has 0 aliphatic heterocycles. The molecule has 4 nitrogen and oxygen atoms in total. The minimum Gasteiger partial charge on any atom is -0.481 e. The van der Waals surface area contributed by atoms with Gasteiger partial charge >= 0.3 is 5.97 Å². The normalized spacial score (nSPS) is 27.6. The van der Waals surface area contributed by atoms with Crippen LogP contribution in [0.3, 0.4) is 0 Å². The van der Waals surface area contributed by atoms with Gasteiger partial charge in [-0.3, -0.25) is 14.4 Å². The van der Waals surface area contributed by atoms with Crippen molar-refractivity contribution in [3.8, 4) is 0 Å². The number of aliphatic carboxylic acids is 1. The van der Waals surface area contributed by atoms with E-state index in [1.807, 2.05) is 6.92 Å². The second-order valence-electron chi connectivity index (χ2n) is 5.13. The molecule has 1 atom stereocenters. The van der Waals surface area contributed by atoms with Crippen LogP contribution in [0.15, 0.2) is 11.1 Å². The molecular weight excluding hydrogens is 232 g/mol. The Morgan fingerprint density at radius 2 is 2.00 bits per heavy atom. The lowest BCUT2D eigenvalue weighted by atomic mass is 9.68. The van der Waals surface area contributed by atoms with Crippen molar-refractivity contribution in [2.24, 2.45) is 5.41 Å². The quantitative estimate of drug-likeness (QED) is 0.830. The Balaban J connectivity index is 2.38. The van der Waals surface area contributed by atoms with E-state index < -0.39 is 11.4 Å².